The summed E-state index contributed by atoms with van der Waals surface area (Å²) >= 11 is 0. The number of hydrogen-bond donors (Lipinski definition) is 3. The van der Waals surface area contributed by atoms with Gasteiger partial charge in [0.2, 0.25) is 17.8 Å². The van der Waals surface area contributed by atoms with Crippen molar-refractivity contribution in [1.29, 1.82) is 0 Å². The molecule has 0 bridgehead atoms. The van der Waals surface area contributed by atoms with Crippen molar-refractivity contribution in [3.8, 4) is 5.82 Å². The molecule has 38 heavy (non-hydrogen) atoms. The van der Waals surface area contributed by atoms with Crippen molar-refractivity contribution in [2.45, 2.75) is 6.04 Å². The van der Waals surface area contributed by atoms with Crippen LogP contribution in [0.1, 0.15) is 10.4 Å². The molecule has 0 aliphatic carbocycles. The van der Waals surface area contributed by atoms with Crippen LogP contribution in [-0.4, -0.2) is 56.0 Å². The van der Waals surface area contributed by atoms with Crippen LogP contribution in [0.15, 0.2) is 91.5 Å². The lowest BCUT2D eigenvalue weighted by atomic mass is 10.1. The van der Waals surface area contributed by atoms with Gasteiger partial charge in [-0.25, -0.2) is 15.0 Å². The van der Waals surface area contributed by atoms with Gasteiger partial charge in [0.15, 0.2) is 0 Å². The fourth-order valence-corrected chi connectivity index (χ4v) is 4.06. The summed E-state index contributed by atoms with van der Waals surface area (Å²) in [6, 6.07) is 19.0. The summed E-state index contributed by atoms with van der Waals surface area (Å²) in [6.07, 6.45) is 6.76. The second kappa shape index (κ2) is 10.7. The third kappa shape index (κ3) is 5.12. The van der Waals surface area contributed by atoms with E-state index in [2.05, 4.69) is 30.6 Å². The number of nitrogens with two attached hydrogens (primary N) is 1. The van der Waals surface area contributed by atoms with Gasteiger partial charge in [-0.3, -0.25) is 9.59 Å². The summed E-state index contributed by atoms with van der Waals surface area (Å²) in [5.74, 6) is 0.474. The van der Waals surface area contributed by atoms with Crippen LogP contribution in [-0.2, 0) is 4.79 Å². The Bertz CT molecular complexity index is 1530. The number of benzene rings is 2. The first-order chi connectivity index (χ1) is 18.5. The highest BCUT2D eigenvalue weighted by Crippen LogP contribution is 2.23. The van der Waals surface area contributed by atoms with E-state index < -0.39 is 17.9 Å². The van der Waals surface area contributed by atoms with E-state index in [1.807, 2.05) is 53.2 Å². The molecule has 11 heteroatoms. The standard InChI is InChI=1S/C27H25N9O2/c1-29-26-30-14-10-23(34-26)35-15-11-18-16-19(8-9-22(18)35)25(38)33-21(24(28)37)17-36(20-6-3-2-4-7-20)27-31-12-5-13-32-27/h2-16,21H,17H2,1H3,(H2,28,37)(H,33,38)(H,29,30,34)/t21-/m0/s1. The van der Waals surface area contributed by atoms with Gasteiger partial charge in [-0.15, -0.1) is 0 Å². The number of nitrogens with zero attached hydrogens (tertiary/aromatic N) is 6. The van der Waals surface area contributed by atoms with Gasteiger partial charge in [0.25, 0.3) is 5.91 Å². The maximum atomic E-state index is 13.2. The van der Waals surface area contributed by atoms with Crippen molar-refractivity contribution in [1.82, 2.24) is 29.8 Å². The monoisotopic (exact) mass is 507 g/mol. The largest absolute Gasteiger partial charge is 0.368 e. The zero-order valence-corrected chi connectivity index (χ0v) is 20.5. The molecule has 5 rings (SSSR count). The number of carbonyl (C=O) groups excluding carboxylic acids is 2. The second-order valence-electron chi connectivity index (χ2n) is 8.37. The Morgan fingerprint density at radius 2 is 1.76 bits per heavy atom. The third-order valence-corrected chi connectivity index (χ3v) is 5.94. The molecule has 1 atom stereocenters. The molecule has 5 aromatic rings. The number of aromatic nitrogens is 5. The van der Waals surface area contributed by atoms with Gasteiger partial charge in [0.1, 0.15) is 11.9 Å². The summed E-state index contributed by atoms with van der Waals surface area (Å²) in [5.41, 5.74) is 7.72. The molecule has 3 heterocycles. The van der Waals surface area contributed by atoms with Gasteiger partial charge in [-0.05, 0) is 48.5 Å². The van der Waals surface area contributed by atoms with Crippen LogP contribution in [0.25, 0.3) is 16.7 Å². The Labute approximate surface area is 218 Å². The molecule has 0 saturated carbocycles. The molecule has 2 amide bonds. The van der Waals surface area contributed by atoms with Crippen LogP contribution in [0.4, 0.5) is 17.6 Å². The summed E-state index contributed by atoms with van der Waals surface area (Å²) < 4.78 is 1.91. The average Bonchev–Trinajstić information content (AvgIpc) is 3.39. The molecule has 0 unspecified atom stereocenters. The highest BCUT2D eigenvalue weighted by atomic mass is 16.2. The van der Waals surface area contributed by atoms with Gasteiger partial charge in [-0.2, -0.15) is 4.98 Å². The fourth-order valence-electron chi connectivity index (χ4n) is 4.06. The number of para-hydroxylation sites is 1. The maximum Gasteiger partial charge on any atom is 0.252 e. The van der Waals surface area contributed by atoms with E-state index in [1.54, 1.807) is 54.8 Å². The summed E-state index contributed by atoms with van der Waals surface area (Å²) in [7, 11) is 1.75. The van der Waals surface area contributed by atoms with Crippen LogP contribution in [0.3, 0.4) is 0 Å². The Kier molecular flexibility index (Phi) is 6.89. The van der Waals surface area contributed by atoms with E-state index in [0.29, 0.717) is 23.3 Å². The number of nitrogens with one attached hydrogen (secondary N) is 2. The molecule has 0 spiro atoms. The zero-order valence-electron chi connectivity index (χ0n) is 20.5. The summed E-state index contributed by atoms with van der Waals surface area (Å²) in [6.45, 7) is 0.0508. The number of hydrogen-bond acceptors (Lipinski definition) is 8. The molecule has 0 fully saturated rings. The number of amides is 2. The highest BCUT2D eigenvalue weighted by molar-refractivity contribution is 6.00. The fraction of sp³-hybridized carbons (Fsp3) is 0.111. The van der Waals surface area contributed by atoms with E-state index in [-0.39, 0.29) is 6.54 Å². The molecule has 190 valence electrons. The summed E-state index contributed by atoms with van der Waals surface area (Å²) in [4.78, 5) is 44.6. The molecule has 0 radical (unpaired) electrons. The minimum Gasteiger partial charge on any atom is -0.368 e. The average molecular weight is 508 g/mol. The molecule has 2 aromatic carbocycles. The van der Waals surface area contributed by atoms with E-state index in [0.717, 1.165) is 16.6 Å². The van der Waals surface area contributed by atoms with E-state index in [1.165, 1.54) is 0 Å². The lowest BCUT2D eigenvalue weighted by Gasteiger charge is -2.26. The normalized spacial score (nSPS) is 11.6. The molecular weight excluding hydrogens is 482 g/mol. The minimum atomic E-state index is -1.01. The first kappa shape index (κ1) is 24.4. The van der Waals surface area contributed by atoms with Gasteiger partial charge >= 0.3 is 0 Å². The number of primary amides is 1. The summed E-state index contributed by atoms with van der Waals surface area (Å²) in [5, 5.41) is 6.53. The van der Waals surface area contributed by atoms with Crippen LogP contribution in [0, 0.1) is 0 Å². The molecule has 0 saturated heterocycles. The SMILES string of the molecule is CNc1nccc(-n2ccc3cc(C(=O)N[C@@H](CN(c4ccccc4)c4ncccn4)C(N)=O)ccc32)n1. The Morgan fingerprint density at radius 3 is 2.50 bits per heavy atom. The number of anilines is 3. The van der Waals surface area contributed by atoms with Crippen molar-refractivity contribution in [2.75, 3.05) is 23.8 Å². The predicted octanol–water partition coefficient (Wildman–Crippen LogP) is 2.67. The van der Waals surface area contributed by atoms with E-state index in [4.69, 9.17) is 5.73 Å². The van der Waals surface area contributed by atoms with Crippen LogP contribution in [0.2, 0.25) is 0 Å². The van der Waals surface area contributed by atoms with Crippen LogP contribution < -0.4 is 21.3 Å². The Balaban J connectivity index is 1.39. The Hall–Kier alpha value is -5.32. The Morgan fingerprint density at radius 1 is 0.974 bits per heavy atom. The van der Waals surface area contributed by atoms with Gasteiger partial charge in [-0.1, -0.05) is 18.2 Å². The van der Waals surface area contributed by atoms with Crippen molar-refractivity contribution in [2.24, 2.45) is 5.73 Å². The lowest BCUT2D eigenvalue weighted by Crippen LogP contribution is -2.50. The molecule has 11 nitrogen and oxygen atoms in total. The molecule has 3 aromatic heterocycles. The zero-order chi connectivity index (χ0) is 26.5. The molecule has 4 N–H and O–H groups in total. The minimum absolute atomic E-state index is 0.0508. The van der Waals surface area contributed by atoms with Crippen LogP contribution >= 0.6 is 0 Å². The number of fused-ring (bicyclic) bond motifs is 1. The molecule has 0 aliphatic rings. The van der Waals surface area contributed by atoms with Gasteiger partial charge in [0, 0.05) is 48.5 Å². The third-order valence-electron chi connectivity index (χ3n) is 5.94. The smallest absolute Gasteiger partial charge is 0.252 e. The van der Waals surface area contributed by atoms with Crippen molar-refractivity contribution in [3.05, 3.63) is 97.1 Å². The number of rotatable bonds is 9. The molecule has 0 aliphatic heterocycles. The lowest BCUT2D eigenvalue weighted by molar-refractivity contribution is -0.119. The van der Waals surface area contributed by atoms with Crippen molar-refractivity contribution >= 4 is 40.3 Å². The van der Waals surface area contributed by atoms with E-state index >= 15 is 0 Å². The van der Waals surface area contributed by atoms with Gasteiger partial charge in [0.05, 0.1) is 12.1 Å². The first-order valence-electron chi connectivity index (χ1n) is 11.9. The predicted molar refractivity (Wildman–Crippen MR) is 144 cm³/mol. The molecular formula is C27H25N9O2. The quantitative estimate of drug-likeness (QED) is 0.276. The second-order valence-corrected chi connectivity index (χ2v) is 8.37. The van der Waals surface area contributed by atoms with Gasteiger partial charge < -0.3 is 25.8 Å². The van der Waals surface area contributed by atoms with Crippen molar-refractivity contribution < 1.29 is 9.59 Å². The maximum absolute atomic E-state index is 13.2. The number of carbonyl (C=O) groups is 2. The topological polar surface area (TPSA) is 144 Å². The van der Waals surface area contributed by atoms with Crippen molar-refractivity contribution in [3.63, 3.8) is 0 Å². The first-order valence-corrected chi connectivity index (χ1v) is 11.9. The van der Waals surface area contributed by atoms with Crippen LogP contribution in [0.5, 0.6) is 0 Å². The highest BCUT2D eigenvalue weighted by Gasteiger charge is 2.25. The van der Waals surface area contributed by atoms with E-state index in [9.17, 15) is 9.59 Å².